The third kappa shape index (κ3) is 4.14. The zero-order valence-corrected chi connectivity index (χ0v) is 16.4. The standard InChI is InChI=1S/C17H19N5O3S2/c1-10-3-4-12(27(24,25)21-5-6-23)7-13(10)14-8-20-17(18)16(22-14)15-9-19-11(2)26-15/h3-4,7-9,21,23H,5-6H2,1-2H3,(H2,18,20). The molecule has 27 heavy (non-hydrogen) atoms. The van der Waals surface area contributed by atoms with Gasteiger partial charge in [-0.25, -0.2) is 28.1 Å². The van der Waals surface area contributed by atoms with E-state index in [2.05, 4.69) is 19.7 Å². The van der Waals surface area contributed by atoms with Crippen molar-refractivity contribution >= 4 is 27.2 Å². The molecule has 2 aromatic heterocycles. The number of thiazole rings is 1. The van der Waals surface area contributed by atoms with E-state index in [1.165, 1.54) is 29.7 Å². The highest BCUT2D eigenvalue weighted by molar-refractivity contribution is 7.89. The summed E-state index contributed by atoms with van der Waals surface area (Å²) >= 11 is 1.46. The number of aliphatic hydroxyl groups is 1. The molecule has 2 heterocycles. The van der Waals surface area contributed by atoms with E-state index in [0.717, 1.165) is 15.4 Å². The number of aryl methyl sites for hydroxylation is 2. The fourth-order valence-electron chi connectivity index (χ4n) is 2.49. The topological polar surface area (TPSA) is 131 Å². The molecule has 8 nitrogen and oxygen atoms in total. The Morgan fingerprint density at radius 1 is 1.22 bits per heavy atom. The lowest BCUT2D eigenvalue weighted by molar-refractivity contribution is 0.301. The second-order valence-electron chi connectivity index (χ2n) is 5.83. The predicted octanol–water partition coefficient (Wildman–Crippen LogP) is 1.74. The molecule has 0 fully saturated rings. The Kier molecular flexibility index (Phi) is 5.51. The fraction of sp³-hybridized carbons (Fsp3) is 0.235. The first-order valence-electron chi connectivity index (χ1n) is 8.08. The number of anilines is 1. The minimum absolute atomic E-state index is 0.0535. The SMILES string of the molecule is Cc1ncc(-c2nc(-c3cc(S(=O)(=O)NCCO)ccc3C)cnc2N)s1. The van der Waals surface area contributed by atoms with Gasteiger partial charge in [0, 0.05) is 18.3 Å². The van der Waals surface area contributed by atoms with Gasteiger partial charge in [-0.2, -0.15) is 0 Å². The van der Waals surface area contributed by atoms with Gasteiger partial charge >= 0.3 is 0 Å². The molecule has 0 atom stereocenters. The summed E-state index contributed by atoms with van der Waals surface area (Å²) in [5, 5.41) is 9.74. The van der Waals surface area contributed by atoms with Crippen molar-refractivity contribution in [1.82, 2.24) is 19.7 Å². The van der Waals surface area contributed by atoms with Crippen LogP contribution in [0.2, 0.25) is 0 Å². The van der Waals surface area contributed by atoms with Crippen molar-refractivity contribution < 1.29 is 13.5 Å². The van der Waals surface area contributed by atoms with Crippen molar-refractivity contribution in [2.45, 2.75) is 18.7 Å². The number of nitrogens with two attached hydrogens (primary N) is 1. The van der Waals surface area contributed by atoms with Gasteiger partial charge in [-0.15, -0.1) is 11.3 Å². The van der Waals surface area contributed by atoms with Crippen molar-refractivity contribution in [2.75, 3.05) is 18.9 Å². The van der Waals surface area contributed by atoms with Gasteiger partial charge in [0.2, 0.25) is 10.0 Å². The van der Waals surface area contributed by atoms with Crippen LogP contribution in [0.3, 0.4) is 0 Å². The smallest absolute Gasteiger partial charge is 0.240 e. The molecule has 1 aromatic carbocycles. The highest BCUT2D eigenvalue weighted by Gasteiger charge is 2.17. The zero-order chi connectivity index (χ0) is 19.6. The van der Waals surface area contributed by atoms with Gasteiger partial charge in [0.1, 0.15) is 5.69 Å². The van der Waals surface area contributed by atoms with Crippen LogP contribution in [-0.4, -0.2) is 41.6 Å². The molecule has 0 saturated heterocycles. The van der Waals surface area contributed by atoms with E-state index in [1.807, 2.05) is 13.8 Å². The maximum Gasteiger partial charge on any atom is 0.240 e. The van der Waals surface area contributed by atoms with E-state index in [1.54, 1.807) is 12.3 Å². The second kappa shape index (κ2) is 7.69. The Balaban J connectivity index is 2.08. The number of sulfonamides is 1. The van der Waals surface area contributed by atoms with Gasteiger partial charge in [-0.3, -0.25) is 0 Å². The van der Waals surface area contributed by atoms with Gasteiger partial charge in [-0.05, 0) is 31.5 Å². The monoisotopic (exact) mass is 405 g/mol. The van der Waals surface area contributed by atoms with E-state index < -0.39 is 10.0 Å². The maximum atomic E-state index is 12.3. The molecule has 0 aliphatic heterocycles. The molecule has 0 bridgehead atoms. The molecule has 0 aliphatic carbocycles. The van der Waals surface area contributed by atoms with Crippen LogP contribution in [0.5, 0.6) is 0 Å². The maximum absolute atomic E-state index is 12.3. The number of aliphatic hydroxyl groups excluding tert-OH is 1. The largest absolute Gasteiger partial charge is 0.395 e. The summed E-state index contributed by atoms with van der Waals surface area (Å²) in [6.07, 6.45) is 3.21. The third-order valence-corrected chi connectivity index (χ3v) is 6.23. The van der Waals surface area contributed by atoms with Crippen molar-refractivity contribution in [2.24, 2.45) is 0 Å². The molecular weight excluding hydrogens is 386 g/mol. The Morgan fingerprint density at radius 3 is 2.67 bits per heavy atom. The normalized spacial score (nSPS) is 11.7. The molecule has 0 radical (unpaired) electrons. The summed E-state index contributed by atoms with van der Waals surface area (Å²) in [6.45, 7) is 3.42. The summed E-state index contributed by atoms with van der Waals surface area (Å²) in [7, 11) is -3.73. The van der Waals surface area contributed by atoms with Gasteiger partial charge in [0.15, 0.2) is 5.82 Å². The fourth-order valence-corrected chi connectivity index (χ4v) is 4.31. The molecule has 3 rings (SSSR count). The van der Waals surface area contributed by atoms with Crippen LogP contribution in [0.1, 0.15) is 10.6 Å². The van der Waals surface area contributed by atoms with Crippen molar-refractivity contribution in [3.63, 3.8) is 0 Å². The number of nitrogens with one attached hydrogen (secondary N) is 1. The van der Waals surface area contributed by atoms with Gasteiger partial charge < -0.3 is 10.8 Å². The Labute approximate surface area is 161 Å². The number of aromatic nitrogens is 3. The van der Waals surface area contributed by atoms with Crippen LogP contribution < -0.4 is 10.5 Å². The van der Waals surface area contributed by atoms with Crippen molar-refractivity contribution in [3.05, 3.63) is 41.2 Å². The lowest BCUT2D eigenvalue weighted by Gasteiger charge is -2.11. The average Bonchev–Trinajstić information content (AvgIpc) is 3.07. The predicted molar refractivity (Wildman–Crippen MR) is 105 cm³/mol. The lowest BCUT2D eigenvalue weighted by atomic mass is 10.1. The van der Waals surface area contributed by atoms with E-state index in [9.17, 15) is 8.42 Å². The molecule has 0 unspecified atom stereocenters. The molecule has 3 aromatic rings. The van der Waals surface area contributed by atoms with Crippen LogP contribution in [-0.2, 0) is 10.0 Å². The van der Waals surface area contributed by atoms with Crippen LogP contribution in [0.4, 0.5) is 5.82 Å². The Bertz CT molecular complexity index is 1080. The van der Waals surface area contributed by atoms with Crippen molar-refractivity contribution in [3.8, 4) is 21.8 Å². The molecule has 10 heteroatoms. The summed E-state index contributed by atoms with van der Waals surface area (Å²) in [5.74, 6) is 0.286. The third-order valence-electron chi connectivity index (χ3n) is 3.85. The van der Waals surface area contributed by atoms with Gasteiger partial charge in [0.05, 0.1) is 33.3 Å². The highest BCUT2D eigenvalue weighted by atomic mass is 32.2. The van der Waals surface area contributed by atoms with Crippen LogP contribution in [0.25, 0.3) is 21.8 Å². The Hall–Kier alpha value is -2.40. The number of rotatable bonds is 6. The molecular formula is C17H19N5O3S2. The molecule has 4 N–H and O–H groups in total. The first-order chi connectivity index (χ1) is 12.8. The van der Waals surface area contributed by atoms with Gasteiger partial charge in [-0.1, -0.05) is 6.07 Å². The van der Waals surface area contributed by atoms with Crippen molar-refractivity contribution in [1.29, 1.82) is 0 Å². The quantitative estimate of drug-likeness (QED) is 0.569. The van der Waals surface area contributed by atoms with E-state index >= 15 is 0 Å². The van der Waals surface area contributed by atoms with Crippen LogP contribution >= 0.6 is 11.3 Å². The van der Waals surface area contributed by atoms with Crippen LogP contribution in [0.15, 0.2) is 35.5 Å². The van der Waals surface area contributed by atoms with E-state index in [-0.39, 0.29) is 23.9 Å². The molecule has 0 amide bonds. The first kappa shape index (κ1) is 19.4. The Morgan fingerprint density at radius 2 is 2.00 bits per heavy atom. The highest BCUT2D eigenvalue weighted by Crippen LogP contribution is 2.31. The van der Waals surface area contributed by atoms with E-state index in [0.29, 0.717) is 17.0 Å². The number of benzene rings is 1. The second-order valence-corrected chi connectivity index (χ2v) is 8.83. The minimum Gasteiger partial charge on any atom is -0.395 e. The lowest BCUT2D eigenvalue weighted by Crippen LogP contribution is -2.26. The summed E-state index contributed by atoms with van der Waals surface area (Å²) in [5.41, 5.74) is 8.49. The zero-order valence-electron chi connectivity index (χ0n) is 14.8. The summed E-state index contributed by atoms with van der Waals surface area (Å²) < 4.78 is 27.0. The average molecular weight is 406 g/mol. The molecule has 142 valence electrons. The van der Waals surface area contributed by atoms with Gasteiger partial charge in [0.25, 0.3) is 0 Å². The number of hydrogen-bond donors (Lipinski definition) is 3. The van der Waals surface area contributed by atoms with E-state index in [4.69, 9.17) is 10.8 Å². The molecule has 0 aliphatic rings. The van der Waals surface area contributed by atoms with Crippen LogP contribution in [0, 0.1) is 13.8 Å². The number of nitrogen functional groups attached to an aromatic ring is 1. The number of hydrogen-bond acceptors (Lipinski definition) is 8. The number of nitrogens with zero attached hydrogens (tertiary/aromatic N) is 3. The first-order valence-corrected chi connectivity index (χ1v) is 10.4. The molecule has 0 spiro atoms. The minimum atomic E-state index is -3.73. The summed E-state index contributed by atoms with van der Waals surface area (Å²) in [6, 6.07) is 4.76. The molecule has 0 saturated carbocycles. The summed E-state index contributed by atoms with van der Waals surface area (Å²) in [4.78, 5) is 13.9.